The van der Waals surface area contributed by atoms with Crippen molar-refractivity contribution in [2.45, 2.75) is 58.7 Å². The third kappa shape index (κ3) is 8.64. The molecule has 0 saturated carbocycles. The number of benzene rings is 2. The summed E-state index contributed by atoms with van der Waals surface area (Å²) in [6.07, 6.45) is 1.64. The SMILES string of the molecule is CCC(C(=O)NC(C)C)N(Cc1ccc(Cl)c(Cl)c1)C(=O)CCCN(c1ccc(F)cc1)S(C)(=O)=O. The monoisotopic (exact) mass is 559 g/mol. The van der Waals surface area contributed by atoms with Gasteiger partial charge in [0.1, 0.15) is 11.9 Å². The summed E-state index contributed by atoms with van der Waals surface area (Å²) in [5.74, 6) is -1.06. The second-order valence-electron chi connectivity index (χ2n) is 8.77. The second-order valence-corrected chi connectivity index (χ2v) is 11.5. The fourth-order valence-electron chi connectivity index (χ4n) is 3.75. The number of nitrogens with one attached hydrogen (secondary N) is 1. The molecule has 0 radical (unpaired) electrons. The fraction of sp³-hybridized carbons (Fsp3) is 0.440. The lowest BCUT2D eigenvalue weighted by Gasteiger charge is -2.31. The Balaban J connectivity index is 2.23. The molecule has 36 heavy (non-hydrogen) atoms. The fourth-order valence-corrected chi connectivity index (χ4v) is 5.03. The first-order valence-electron chi connectivity index (χ1n) is 11.6. The maximum atomic E-state index is 13.4. The molecular formula is C25H32Cl2FN3O4S. The van der Waals surface area contributed by atoms with Gasteiger partial charge in [0.15, 0.2) is 0 Å². The van der Waals surface area contributed by atoms with Crippen molar-refractivity contribution in [2.75, 3.05) is 17.1 Å². The van der Waals surface area contributed by atoms with Gasteiger partial charge in [0.2, 0.25) is 21.8 Å². The van der Waals surface area contributed by atoms with Crippen LogP contribution in [0.3, 0.4) is 0 Å². The molecule has 0 bridgehead atoms. The molecule has 0 aliphatic carbocycles. The molecule has 1 N–H and O–H groups in total. The van der Waals surface area contributed by atoms with Crippen LogP contribution in [0.4, 0.5) is 10.1 Å². The summed E-state index contributed by atoms with van der Waals surface area (Å²) in [4.78, 5) is 27.8. The van der Waals surface area contributed by atoms with Crippen LogP contribution in [-0.4, -0.2) is 50.0 Å². The van der Waals surface area contributed by atoms with Crippen molar-refractivity contribution in [3.05, 3.63) is 63.9 Å². The first kappa shape index (κ1) is 29.9. The quantitative estimate of drug-likeness (QED) is 0.396. The van der Waals surface area contributed by atoms with Crippen LogP contribution < -0.4 is 9.62 Å². The lowest BCUT2D eigenvalue weighted by atomic mass is 10.1. The highest BCUT2D eigenvalue weighted by atomic mass is 35.5. The second kappa shape index (κ2) is 13.3. The minimum absolute atomic E-state index is 0.00000482. The third-order valence-electron chi connectivity index (χ3n) is 5.42. The normalized spacial score (nSPS) is 12.3. The number of rotatable bonds is 12. The molecule has 0 heterocycles. The van der Waals surface area contributed by atoms with Gasteiger partial charge in [-0.25, -0.2) is 12.8 Å². The molecule has 0 aliphatic heterocycles. The molecule has 198 valence electrons. The average Bonchev–Trinajstić information content (AvgIpc) is 2.78. The van der Waals surface area contributed by atoms with Crippen LogP contribution in [0.2, 0.25) is 10.0 Å². The number of amides is 2. The van der Waals surface area contributed by atoms with Crippen LogP contribution in [0.25, 0.3) is 0 Å². The van der Waals surface area contributed by atoms with E-state index in [1.54, 1.807) is 18.2 Å². The third-order valence-corrected chi connectivity index (χ3v) is 7.35. The van der Waals surface area contributed by atoms with Crippen LogP contribution in [0.5, 0.6) is 0 Å². The van der Waals surface area contributed by atoms with E-state index in [9.17, 15) is 22.4 Å². The first-order valence-corrected chi connectivity index (χ1v) is 14.2. The minimum Gasteiger partial charge on any atom is -0.352 e. The van der Waals surface area contributed by atoms with Crippen molar-refractivity contribution < 1.29 is 22.4 Å². The maximum Gasteiger partial charge on any atom is 0.243 e. The number of anilines is 1. The highest BCUT2D eigenvalue weighted by molar-refractivity contribution is 7.92. The summed E-state index contributed by atoms with van der Waals surface area (Å²) in [6, 6.07) is 9.29. The summed E-state index contributed by atoms with van der Waals surface area (Å²) >= 11 is 12.2. The van der Waals surface area contributed by atoms with Crippen LogP contribution in [0, 0.1) is 5.82 Å². The maximum absolute atomic E-state index is 13.4. The van der Waals surface area contributed by atoms with Gasteiger partial charge < -0.3 is 10.2 Å². The highest BCUT2D eigenvalue weighted by Crippen LogP contribution is 2.25. The summed E-state index contributed by atoms with van der Waals surface area (Å²) < 4.78 is 39.1. The molecular weight excluding hydrogens is 528 g/mol. The number of carbonyl (C=O) groups is 2. The van der Waals surface area contributed by atoms with Crippen LogP contribution in [0.1, 0.15) is 45.6 Å². The van der Waals surface area contributed by atoms with Gasteiger partial charge in [-0.3, -0.25) is 13.9 Å². The first-order chi connectivity index (χ1) is 16.8. The molecule has 2 amide bonds. The molecule has 7 nitrogen and oxygen atoms in total. The van der Waals surface area contributed by atoms with Crippen LogP contribution in [-0.2, 0) is 26.2 Å². The van der Waals surface area contributed by atoms with Crippen molar-refractivity contribution in [3.63, 3.8) is 0 Å². The molecule has 0 fully saturated rings. The minimum atomic E-state index is -3.66. The number of sulfonamides is 1. The van der Waals surface area contributed by atoms with E-state index in [-0.39, 0.29) is 43.8 Å². The molecule has 2 rings (SSSR count). The molecule has 11 heteroatoms. The Morgan fingerprint density at radius 2 is 1.69 bits per heavy atom. The number of hydrogen-bond donors (Lipinski definition) is 1. The molecule has 0 aliphatic rings. The van der Waals surface area contributed by atoms with Gasteiger partial charge >= 0.3 is 0 Å². The Morgan fingerprint density at radius 3 is 2.22 bits per heavy atom. The van der Waals surface area contributed by atoms with Crippen molar-refractivity contribution in [2.24, 2.45) is 0 Å². The molecule has 0 aromatic heterocycles. The lowest BCUT2D eigenvalue weighted by Crippen LogP contribution is -2.50. The molecule has 0 spiro atoms. The standard InChI is InChI=1S/C25H32Cl2FN3O4S/c1-5-23(25(33)29-17(2)3)30(16-18-8-13-21(26)22(27)15-18)24(32)7-6-14-31(36(4,34)35)20-11-9-19(28)10-12-20/h8-13,15,17,23H,5-7,14,16H2,1-4H3,(H,29,33). The summed E-state index contributed by atoms with van der Waals surface area (Å²) in [6.45, 7) is 5.65. The number of carbonyl (C=O) groups excluding carboxylic acids is 2. The molecule has 2 aromatic rings. The van der Waals surface area contributed by atoms with Crippen molar-refractivity contribution in [1.82, 2.24) is 10.2 Å². The lowest BCUT2D eigenvalue weighted by molar-refractivity contribution is -0.141. The average molecular weight is 561 g/mol. The van der Waals surface area contributed by atoms with Crippen LogP contribution in [0.15, 0.2) is 42.5 Å². The van der Waals surface area contributed by atoms with E-state index < -0.39 is 21.9 Å². The van der Waals surface area contributed by atoms with E-state index >= 15 is 0 Å². The summed E-state index contributed by atoms with van der Waals surface area (Å²) in [5.41, 5.74) is 1.01. The Kier molecular flexibility index (Phi) is 11.0. The zero-order valence-electron chi connectivity index (χ0n) is 20.8. The molecule has 2 aromatic carbocycles. The van der Waals surface area contributed by atoms with Gasteiger partial charge in [-0.1, -0.05) is 36.2 Å². The van der Waals surface area contributed by atoms with Gasteiger partial charge in [0, 0.05) is 25.6 Å². The van der Waals surface area contributed by atoms with E-state index in [0.717, 1.165) is 10.6 Å². The van der Waals surface area contributed by atoms with Crippen molar-refractivity contribution >= 4 is 50.7 Å². The molecule has 1 atom stereocenters. The van der Waals surface area contributed by atoms with E-state index in [0.29, 0.717) is 27.7 Å². The van der Waals surface area contributed by atoms with Gasteiger partial charge in [-0.2, -0.15) is 0 Å². The van der Waals surface area contributed by atoms with Gasteiger partial charge in [-0.05, 0) is 68.7 Å². The number of halogens is 3. The van der Waals surface area contributed by atoms with E-state index in [4.69, 9.17) is 23.2 Å². The summed E-state index contributed by atoms with van der Waals surface area (Å²) in [5, 5.41) is 3.57. The van der Waals surface area contributed by atoms with Gasteiger partial charge in [-0.15, -0.1) is 0 Å². The predicted octanol–water partition coefficient (Wildman–Crippen LogP) is 5.01. The Bertz CT molecular complexity index is 1160. The zero-order valence-corrected chi connectivity index (χ0v) is 23.1. The molecule has 1 unspecified atom stereocenters. The number of nitrogens with zero attached hydrogens (tertiary/aromatic N) is 2. The topological polar surface area (TPSA) is 86.8 Å². The highest BCUT2D eigenvalue weighted by Gasteiger charge is 2.29. The summed E-state index contributed by atoms with van der Waals surface area (Å²) in [7, 11) is -3.66. The predicted molar refractivity (Wildman–Crippen MR) is 142 cm³/mol. The largest absolute Gasteiger partial charge is 0.352 e. The smallest absolute Gasteiger partial charge is 0.243 e. The molecule has 0 saturated heterocycles. The Morgan fingerprint density at radius 1 is 1.06 bits per heavy atom. The van der Waals surface area contributed by atoms with E-state index in [2.05, 4.69) is 5.32 Å². The van der Waals surface area contributed by atoms with E-state index in [1.807, 2.05) is 20.8 Å². The van der Waals surface area contributed by atoms with E-state index in [1.165, 1.54) is 29.2 Å². The van der Waals surface area contributed by atoms with Crippen LogP contribution >= 0.6 is 23.2 Å². The van der Waals surface area contributed by atoms with Crippen molar-refractivity contribution in [3.8, 4) is 0 Å². The Labute approximate surface area is 222 Å². The van der Waals surface area contributed by atoms with Crippen molar-refractivity contribution in [1.29, 1.82) is 0 Å². The Hall–Kier alpha value is -2.36. The van der Waals surface area contributed by atoms with Gasteiger partial charge in [0.05, 0.1) is 22.0 Å². The zero-order chi connectivity index (χ0) is 27.0. The van der Waals surface area contributed by atoms with Gasteiger partial charge in [0.25, 0.3) is 0 Å². The number of hydrogen-bond acceptors (Lipinski definition) is 4.